The highest BCUT2D eigenvalue weighted by molar-refractivity contribution is 6.01. The molecule has 3 nitrogen and oxygen atoms in total. The maximum absolute atomic E-state index is 13.7. The third-order valence-corrected chi connectivity index (χ3v) is 5.92. The Kier molecular flexibility index (Phi) is 6.08. The largest absolute Gasteiger partial charge is 0.332 e. The number of amides is 1. The van der Waals surface area contributed by atoms with E-state index in [4.69, 9.17) is 0 Å². The molecule has 3 aromatic rings. The van der Waals surface area contributed by atoms with E-state index in [9.17, 15) is 9.59 Å². The molecule has 3 heteroatoms. The lowest BCUT2D eigenvalue weighted by Crippen LogP contribution is -2.38. The fourth-order valence-electron chi connectivity index (χ4n) is 4.34. The molecular formula is C27H27NO2. The Bertz CT molecular complexity index is 1040. The van der Waals surface area contributed by atoms with E-state index in [1.807, 2.05) is 90.7 Å². The van der Waals surface area contributed by atoms with Crippen molar-refractivity contribution in [1.29, 1.82) is 0 Å². The zero-order chi connectivity index (χ0) is 20.9. The molecule has 1 heterocycles. The average Bonchev–Trinajstić information content (AvgIpc) is 2.83. The van der Waals surface area contributed by atoms with Gasteiger partial charge in [-0.3, -0.25) is 9.59 Å². The molecule has 0 saturated carbocycles. The molecule has 30 heavy (non-hydrogen) atoms. The zero-order valence-electron chi connectivity index (χ0n) is 17.4. The molecule has 1 unspecified atom stereocenters. The molecule has 1 amide bonds. The second-order valence-electron chi connectivity index (χ2n) is 7.82. The Morgan fingerprint density at radius 3 is 2.47 bits per heavy atom. The standard InChI is InChI=1S/C27H27NO2/c1-2-26(29)22-14-10-13-21(19-22)25-17-8-9-18-28(25)27(30)24-16-7-6-15-23(24)20-11-4-3-5-12-20/h3-7,10-16,19,25H,2,8-9,17-18H2,1H3. The molecule has 0 radical (unpaired) electrons. The Labute approximate surface area is 178 Å². The van der Waals surface area contributed by atoms with Gasteiger partial charge in [0.15, 0.2) is 5.78 Å². The van der Waals surface area contributed by atoms with Gasteiger partial charge in [-0.2, -0.15) is 0 Å². The van der Waals surface area contributed by atoms with E-state index in [1.165, 1.54) is 0 Å². The summed E-state index contributed by atoms with van der Waals surface area (Å²) in [6, 6.07) is 25.7. The van der Waals surface area contributed by atoms with Crippen LogP contribution < -0.4 is 0 Å². The number of likely N-dealkylation sites (tertiary alicyclic amines) is 1. The van der Waals surface area contributed by atoms with Gasteiger partial charge in [-0.05, 0) is 48.1 Å². The van der Waals surface area contributed by atoms with Crippen LogP contribution in [-0.2, 0) is 0 Å². The number of hydrogen-bond acceptors (Lipinski definition) is 2. The van der Waals surface area contributed by atoms with E-state index in [0.717, 1.165) is 53.6 Å². The Morgan fingerprint density at radius 2 is 1.67 bits per heavy atom. The molecule has 0 aromatic heterocycles. The summed E-state index contributed by atoms with van der Waals surface area (Å²) in [5, 5.41) is 0. The van der Waals surface area contributed by atoms with E-state index in [0.29, 0.717) is 6.42 Å². The first-order valence-corrected chi connectivity index (χ1v) is 10.8. The smallest absolute Gasteiger partial charge is 0.254 e. The third-order valence-electron chi connectivity index (χ3n) is 5.92. The minimum atomic E-state index is -0.000291. The van der Waals surface area contributed by atoms with Crippen LogP contribution in [0.25, 0.3) is 11.1 Å². The number of hydrogen-bond donors (Lipinski definition) is 0. The zero-order valence-corrected chi connectivity index (χ0v) is 17.4. The minimum Gasteiger partial charge on any atom is -0.332 e. The van der Waals surface area contributed by atoms with Crippen molar-refractivity contribution in [3.05, 3.63) is 95.6 Å². The van der Waals surface area contributed by atoms with Crippen LogP contribution in [0.5, 0.6) is 0 Å². The van der Waals surface area contributed by atoms with Crippen LogP contribution in [0.1, 0.15) is 64.9 Å². The lowest BCUT2D eigenvalue weighted by atomic mass is 9.91. The summed E-state index contributed by atoms with van der Waals surface area (Å²) < 4.78 is 0. The normalized spacial score (nSPS) is 16.3. The Hall–Kier alpha value is -3.20. The first-order chi connectivity index (χ1) is 14.7. The van der Waals surface area contributed by atoms with E-state index >= 15 is 0 Å². The van der Waals surface area contributed by atoms with Crippen LogP contribution in [0.15, 0.2) is 78.9 Å². The summed E-state index contributed by atoms with van der Waals surface area (Å²) in [6.07, 6.45) is 3.49. The van der Waals surface area contributed by atoms with E-state index in [2.05, 4.69) is 0 Å². The molecule has 1 fully saturated rings. The number of nitrogens with zero attached hydrogens (tertiary/aromatic N) is 1. The summed E-state index contributed by atoms with van der Waals surface area (Å²) in [5.41, 5.74) is 4.53. The summed E-state index contributed by atoms with van der Waals surface area (Å²) in [7, 11) is 0. The second-order valence-corrected chi connectivity index (χ2v) is 7.82. The molecule has 1 saturated heterocycles. The van der Waals surface area contributed by atoms with Gasteiger partial charge in [0.2, 0.25) is 0 Å². The van der Waals surface area contributed by atoms with Gasteiger partial charge in [0.05, 0.1) is 6.04 Å². The molecule has 0 N–H and O–H groups in total. The lowest BCUT2D eigenvalue weighted by Gasteiger charge is -2.36. The molecule has 1 aliphatic heterocycles. The first-order valence-electron chi connectivity index (χ1n) is 10.8. The van der Waals surface area contributed by atoms with Gasteiger partial charge in [-0.1, -0.05) is 73.7 Å². The molecule has 0 spiro atoms. The van der Waals surface area contributed by atoms with E-state index in [1.54, 1.807) is 0 Å². The van der Waals surface area contributed by atoms with Crippen molar-refractivity contribution in [2.24, 2.45) is 0 Å². The molecule has 4 rings (SSSR count). The van der Waals surface area contributed by atoms with Crippen molar-refractivity contribution in [3.8, 4) is 11.1 Å². The van der Waals surface area contributed by atoms with E-state index in [-0.39, 0.29) is 17.7 Å². The monoisotopic (exact) mass is 397 g/mol. The molecule has 3 aromatic carbocycles. The molecule has 152 valence electrons. The van der Waals surface area contributed by atoms with Crippen molar-refractivity contribution < 1.29 is 9.59 Å². The summed E-state index contributed by atoms with van der Waals surface area (Å²) in [5.74, 6) is 0.200. The van der Waals surface area contributed by atoms with Crippen LogP contribution in [0.2, 0.25) is 0 Å². The fraction of sp³-hybridized carbons (Fsp3) is 0.259. The van der Waals surface area contributed by atoms with Crippen LogP contribution in [0.3, 0.4) is 0 Å². The predicted molar refractivity (Wildman–Crippen MR) is 121 cm³/mol. The third kappa shape index (κ3) is 4.06. The van der Waals surface area contributed by atoms with Crippen LogP contribution in [0.4, 0.5) is 0 Å². The van der Waals surface area contributed by atoms with Gasteiger partial charge < -0.3 is 4.90 Å². The minimum absolute atomic E-state index is 0.000291. The van der Waals surface area contributed by atoms with Crippen molar-refractivity contribution >= 4 is 11.7 Å². The quantitative estimate of drug-likeness (QED) is 0.473. The van der Waals surface area contributed by atoms with Gasteiger partial charge in [-0.25, -0.2) is 0 Å². The summed E-state index contributed by atoms with van der Waals surface area (Å²) >= 11 is 0. The second kappa shape index (κ2) is 9.08. The predicted octanol–water partition coefficient (Wildman–Crippen LogP) is 6.31. The fourth-order valence-corrected chi connectivity index (χ4v) is 4.34. The van der Waals surface area contributed by atoms with Gasteiger partial charge in [0.1, 0.15) is 0 Å². The number of carbonyl (C=O) groups is 2. The van der Waals surface area contributed by atoms with Gasteiger partial charge in [-0.15, -0.1) is 0 Å². The van der Waals surface area contributed by atoms with Crippen LogP contribution >= 0.6 is 0 Å². The molecule has 0 aliphatic carbocycles. The maximum Gasteiger partial charge on any atom is 0.254 e. The maximum atomic E-state index is 13.7. The van der Waals surface area contributed by atoms with Crippen molar-refractivity contribution in [2.75, 3.05) is 6.54 Å². The topological polar surface area (TPSA) is 37.4 Å². The lowest BCUT2D eigenvalue weighted by molar-refractivity contribution is 0.0612. The highest BCUT2D eigenvalue weighted by Crippen LogP contribution is 2.34. The molecule has 0 bridgehead atoms. The van der Waals surface area contributed by atoms with Gasteiger partial charge in [0.25, 0.3) is 5.91 Å². The number of benzene rings is 3. The number of ketones is 1. The molecular weight excluding hydrogens is 370 g/mol. The average molecular weight is 398 g/mol. The van der Waals surface area contributed by atoms with Gasteiger partial charge >= 0.3 is 0 Å². The Morgan fingerprint density at radius 1 is 0.900 bits per heavy atom. The summed E-state index contributed by atoms with van der Waals surface area (Å²) in [4.78, 5) is 27.9. The number of rotatable bonds is 5. The van der Waals surface area contributed by atoms with Crippen molar-refractivity contribution in [1.82, 2.24) is 4.90 Å². The Balaban J connectivity index is 1.70. The number of piperidine rings is 1. The SMILES string of the molecule is CCC(=O)c1cccc(C2CCCCN2C(=O)c2ccccc2-c2ccccc2)c1. The molecule has 1 aliphatic rings. The van der Waals surface area contributed by atoms with Gasteiger partial charge in [0, 0.05) is 24.1 Å². The molecule has 1 atom stereocenters. The highest BCUT2D eigenvalue weighted by atomic mass is 16.2. The number of Topliss-reactive ketones (excluding diaryl/α,β-unsaturated/α-hetero) is 1. The number of carbonyl (C=O) groups excluding carboxylic acids is 2. The van der Waals surface area contributed by atoms with Crippen LogP contribution in [0, 0.1) is 0 Å². The summed E-state index contributed by atoms with van der Waals surface area (Å²) in [6.45, 7) is 2.62. The van der Waals surface area contributed by atoms with Crippen molar-refractivity contribution in [3.63, 3.8) is 0 Å². The van der Waals surface area contributed by atoms with E-state index < -0.39 is 0 Å². The first kappa shape index (κ1) is 20.1. The van der Waals surface area contributed by atoms with Crippen LogP contribution in [-0.4, -0.2) is 23.1 Å². The van der Waals surface area contributed by atoms with Crippen molar-refractivity contribution in [2.45, 2.75) is 38.6 Å². The highest BCUT2D eigenvalue weighted by Gasteiger charge is 2.30.